The summed E-state index contributed by atoms with van der Waals surface area (Å²) in [6, 6.07) is 14.5. The van der Waals surface area contributed by atoms with Gasteiger partial charge in [0.25, 0.3) is 0 Å². The highest BCUT2D eigenvalue weighted by molar-refractivity contribution is 7.89. The quantitative estimate of drug-likeness (QED) is 0.664. The van der Waals surface area contributed by atoms with E-state index in [-0.39, 0.29) is 29.8 Å². The first-order chi connectivity index (χ1) is 16.2. The fourth-order valence-electron chi connectivity index (χ4n) is 4.98. The van der Waals surface area contributed by atoms with Crippen molar-refractivity contribution in [2.24, 2.45) is 0 Å². The van der Waals surface area contributed by atoms with E-state index in [1.54, 1.807) is 16.7 Å². The molecule has 0 radical (unpaired) electrons. The molecule has 0 saturated carbocycles. The van der Waals surface area contributed by atoms with Crippen LogP contribution in [0, 0.1) is 5.82 Å². The van der Waals surface area contributed by atoms with E-state index in [0.717, 1.165) is 17.7 Å². The number of carbonyl (C=O) groups excluding carboxylic acids is 2. The van der Waals surface area contributed by atoms with Crippen LogP contribution in [0.5, 0.6) is 0 Å². The number of hydrogen-bond acceptors (Lipinski definition) is 4. The Hall–Kier alpha value is -2.78. The molecule has 0 spiro atoms. The Labute approximate surface area is 200 Å². The van der Waals surface area contributed by atoms with Crippen LogP contribution < -0.4 is 0 Å². The van der Waals surface area contributed by atoms with Crippen LogP contribution in [0.3, 0.4) is 0 Å². The number of piperidine rings is 1. The maximum absolute atomic E-state index is 14.0. The zero-order valence-corrected chi connectivity index (χ0v) is 20.1. The molecular formula is C25H30FN3O4S. The monoisotopic (exact) mass is 487 g/mol. The van der Waals surface area contributed by atoms with Gasteiger partial charge in [0.2, 0.25) is 21.8 Å². The minimum Gasteiger partial charge on any atom is -0.343 e. The second-order valence-corrected chi connectivity index (χ2v) is 10.9. The summed E-state index contributed by atoms with van der Waals surface area (Å²) in [6.45, 7) is 3.77. The first kappa shape index (κ1) is 24.3. The Morgan fingerprint density at radius 2 is 1.47 bits per heavy atom. The van der Waals surface area contributed by atoms with Gasteiger partial charge in [0.15, 0.2) is 0 Å². The third-order valence-corrected chi connectivity index (χ3v) is 8.90. The van der Waals surface area contributed by atoms with Crippen molar-refractivity contribution in [1.82, 2.24) is 14.1 Å². The number of amides is 2. The van der Waals surface area contributed by atoms with Crippen molar-refractivity contribution in [3.63, 3.8) is 0 Å². The molecule has 0 aliphatic carbocycles. The van der Waals surface area contributed by atoms with Crippen molar-refractivity contribution in [1.29, 1.82) is 0 Å². The molecule has 182 valence electrons. The molecule has 0 N–H and O–H groups in total. The van der Waals surface area contributed by atoms with E-state index >= 15 is 0 Å². The van der Waals surface area contributed by atoms with E-state index < -0.39 is 21.3 Å². The molecule has 2 aliphatic heterocycles. The average Bonchev–Trinajstić information content (AvgIpc) is 3.11. The number of sulfonamides is 1. The van der Waals surface area contributed by atoms with Crippen LogP contribution in [0.1, 0.15) is 31.7 Å². The summed E-state index contributed by atoms with van der Waals surface area (Å²) < 4.78 is 40.8. The van der Waals surface area contributed by atoms with Gasteiger partial charge in [-0.2, -0.15) is 4.31 Å². The number of nitrogens with zero attached hydrogens (tertiary/aromatic N) is 3. The van der Waals surface area contributed by atoms with Crippen LogP contribution in [-0.4, -0.2) is 73.6 Å². The molecule has 2 fully saturated rings. The summed E-state index contributed by atoms with van der Waals surface area (Å²) in [5.74, 6) is -0.498. The lowest BCUT2D eigenvalue weighted by atomic mass is 9.71. The molecule has 34 heavy (non-hydrogen) atoms. The zero-order chi connectivity index (χ0) is 24.3. The molecule has 7 nitrogen and oxygen atoms in total. The Balaban J connectivity index is 1.54. The molecule has 9 heteroatoms. The molecule has 4 rings (SSSR count). The average molecular weight is 488 g/mol. The van der Waals surface area contributed by atoms with Gasteiger partial charge in [0, 0.05) is 46.2 Å². The van der Waals surface area contributed by atoms with E-state index in [2.05, 4.69) is 0 Å². The van der Waals surface area contributed by atoms with Crippen molar-refractivity contribution in [2.45, 2.75) is 36.5 Å². The lowest BCUT2D eigenvalue weighted by Crippen LogP contribution is -2.54. The Morgan fingerprint density at radius 3 is 2.09 bits per heavy atom. The van der Waals surface area contributed by atoms with Crippen molar-refractivity contribution >= 4 is 21.8 Å². The van der Waals surface area contributed by atoms with Crippen LogP contribution in [0.4, 0.5) is 4.39 Å². The largest absolute Gasteiger partial charge is 0.343 e. The molecule has 2 heterocycles. The van der Waals surface area contributed by atoms with Gasteiger partial charge in [-0.15, -0.1) is 0 Å². The first-order valence-electron chi connectivity index (χ1n) is 11.6. The number of benzene rings is 2. The summed E-state index contributed by atoms with van der Waals surface area (Å²) in [4.78, 5) is 29.5. The van der Waals surface area contributed by atoms with Crippen LogP contribution >= 0.6 is 0 Å². The zero-order valence-electron chi connectivity index (χ0n) is 19.3. The van der Waals surface area contributed by atoms with Crippen LogP contribution in [-0.2, 0) is 25.0 Å². The number of hydrogen-bond donors (Lipinski definition) is 0. The Kier molecular flexibility index (Phi) is 7.04. The van der Waals surface area contributed by atoms with E-state index in [1.807, 2.05) is 30.3 Å². The first-order valence-corrected chi connectivity index (χ1v) is 13.0. The molecule has 2 amide bonds. The maximum Gasteiger partial charge on any atom is 0.243 e. The highest BCUT2D eigenvalue weighted by Gasteiger charge is 2.45. The molecule has 0 unspecified atom stereocenters. The standard InChI is InChI=1S/C25H30FN3O4S/c1-20(30)27-16-12-25(13-17-27,21-6-3-2-4-7-21)24(31)28-14-5-15-29(19-18-28)34(32,33)23-10-8-22(26)9-11-23/h2-4,6-11H,5,12-19H2,1H3. The molecule has 2 aliphatic rings. The molecule has 2 saturated heterocycles. The fourth-order valence-corrected chi connectivity index (χ4v) is 6.45. The second kappa shape index (κ2) is 9.84. The molecule has 2 aromatic rings. The van der Waals surface area contributed by atoms with Crippen LogP contribution in [0.15, 0.2) is 59.5 Å². The minimum atomic E-state index is -3.78. The van der Waals surface area contributed by atoms with Gasteiger partial charge in [-0.3, -0.25) is 9.59 Å². The van der Waals surface area contributed by atoms with Crippen LogP contribution in [0.2, 0.25) is 0 Å². The number of carbonyl (C=O) groups is 2. The van der Waals surface area contributed by atoms with Gasteiger partial charge in [-0.05, 0) is 49.1 Å². The lowest BCUT2D eigenvalue weighted by molar-refractivity contribution is -0.142. The Morgan fingerprint density at radius 1 is 0.824 bits per heavy atom. The normalized spacial score (nSPS) is 19.5. The van der Waals surface area contributed by atoms with E-state index in [1.165, 1.54) is 16.4 Å². The maximum atomic E-state index is 14.0. The van der Waals surface area contributed by atoms with E-state index in [0.29, 0.717) is 45.4 Å². The summed E-state index contributed by atoms with van der Waals surface area (Å²) in [7, 11) is -3.78. The predicted molar refractivity (Wildman–Crippen MR) is 126 cm³/mol. The highest BCUT2D eigenvalue weighted by Crippen LogP contribution is 2.38. The van der Waals surface area contributed by atoms with Gasteiger partial charge >= 0.3 is 0 Å². The van der Waals surface area contributed by atoms with E-state index in [4.69, 9.17) is 0 Å². The van der Waals surface area contributed by atoms with Gasteiger partial charge in [-0.1, -0.05) is 30.3 Å². The summed E-state index contributed by atoms with van der Waals surface area (Å²) in [5, 5.41) is 0. The van der Waals surface area contributed by atoms with E-state index in [9.17, 15) is 22.4 Å². The van der Waals surface area contributed by atoms with Gasteiger partial charge in [-0.25, -0.2) is 12.8 Å². The number of halogens is 1. The van der Waals surface area contributed by atoms with Crippen molar-refractivity contribution in [2.75, 3.05) is 39.3 Å². The van der Waals surface area contributed by atoms with Gasteiger partial charge in [0.1, 0.15) is 5.82 Å². The molecule has 2 aromatic carbocycles. The van der Waals surface area contributed by atoms with Crippen molar-refractivity contribution < 1.29 is 22.4 Å². The summed E-state index contributed by atoms with van der Waals surface area (Å²) in [6.07, 6.45) is 1.57. The lowest BCUT2D eigenvalue weighted by Gasteiger charge is -2.43. The third kappa shape index (κ3) is 4.72. The second-order valence-electron chi connectivity index (χ2n) is 8.96. The van der Waals surface area contributed by atoms with Crippen LogP contribution in [0.25, 0.3) is 0 Å². The third-order valence-electron chi connectivity index (χ3n) is 6.99. The molecular weight excluding hydrogens is 457 g/mol. The summed E-state index contributed by atoms with van der Waals surface area (Å²) >= 11 is 0. The Bertz CT molecular complexity index is 1130. The minimum absolute atomic E-state index is 0.00512. The fraction of sp³-hybridized carbons (Fsp3) is 0.440. The number of likely N-dealkylation sites (tertiary alicyclic amines) is 1. The summed E-state index contributed by atoms with van der Waals surface area (Å²) in [5.41, 5.74) is 0.196. The highest BCUT2D eigenvalue weighted by atomic mass is 32.2. The SMILES string of the molecule is CC(=O)N1CCC(C(=O)N2CCCN(S(=O)(=O)c3ccc(F)cc3)CC2)(c2ccccc2)CC1. The predicted octanol–water partition coefficient (Wildman–Crippen LogP) is 2.63. The molecule has 0 atom stereocenters. The molecule has 0 aromatic heterocycles. The topological polar surface area (TPSA) is 78.0 Å². The molecule has 0 bridgehead atoms. The van der Waals surface area contributed by atoms with Crippen molar-refractivity contribution in [3.05, 3.63) is 66.0 Å². The van der Waals surface area contributed by atoms with Gasteiger partial charge < -0.3 is 9.80 Å². The van der Waals surface area contributed by atoms with Gasteiger partial charge in [0.05, 0.1) is 10.3 Å². The van der Waals surface area contributed by atoms with Crippen molar-refractivity contribution in [3.8, 4) is 0 Å². The number of rotatable bonds is 4. The smallest absolute Gasteiger partial charge is 0.243 e.